The standard InChI is InChI=1S/C13H18O8S.2C9H12O6S.C9H16O6S.C9H14O4S.C8H9NO4S.2C8H12O4S/c1-7-11-13(6-19-9(3)15)10(22(16,17)20-11)4-12(7,21-13)5-18-8(2)14;1-4-5-3-9(8(10)13-2)7(14-5)6(4)15-16(9,11)12;1-3-5-4(9(10)13-2)8-7(14-5)6(3)15-16(8,11)12;1-2-8(4-10)3-7-9(5-11,15-8)6-14-16(7,12)13;1-5-7-9(3)6(14(10,11)12-7)4-8(5,2)13-9;1-4-5-2-8(3-9)7(12-5)6(4)13-14(8,10)11;1-4-5-3-8(2)7(11-5)6(4)12-13(8,9)10;1-3-5-4(2)8-7(11-5)6(3)12-13(8,9)10/h7,10-11H,4-6H2,1-3H3;4-7H,3H2,1-2H3;3-8H,1-2H3;7,10-11H,2-6H2,1H3;5-7H,4H2,1-3H3;4-7H,2H2,1H3;4-7H,3H2,1-2H3;3-8H,1-2H3. The molecule has 0 aromatic carbocycles. The summed E-state index contributed by atoms with van der Waals surface area (Å²) >= 11 is 0. The van der Waals surface area contributed by atoms with Gasteiger partial charge in [0.15, 0.2) is 0 Å². The first-order valence-corrected chi connectivity index (χ1v) is 52.6. The molecule has 43 nitrogen and oxygen atoms in total. The summed E-state index contributed by atoms with van der Waals surface area (Å²) in [5.74, 6) is -2.69. The fourth-order valence-electron chi connectivity index (χ4n) is 24.0. The van der Waals surface area contributed by atoms with Crippen molar-refractivity contribution >= 4 is 105 Å². The highest BCUT2D eigenvalue weighted by Crippen LogP contribution is 2.65. The van der Waals surface area contributed by atoms with Crippen LogP contribution in [0.5, 0.6) is 0 Å². The molecule has 702 valence electrons. The molecule has 51 heteroatoms. The van der Waals surface area contributed by atoms with E-state index in [0.717, 1.165) is 0 Å². The van der Waals surface area contributed by atoms with Crippen LogP contribution in [-0.4, -0.2) is 327 Å². The fourth-order valence-corrected chi connectivity index (χ4v) is 38.8. The Hall–Kier alpha value is -3.75. The van der Waals surface area contributed by atoms with Crippen molar-refractivity contribution in [1.29, 1.82) is 5.26 Å². The molecule has 40 atom stereocenters. The van der Waals surface area contributed by atoms with Gasteiger partial charge in [-0.3, -0.25) is 52.6 Å². The van der Waals surface area contributed by atoms with Crippen LogP contribution in [0.4, 0.5) is 0 Å². The van der Waals surface area contributed by atoms with Gasteiger partial charge in [0.1, 0.15) is 146 Å². The molecule has 2 N–H and O–H groups in total. The van der Waals surface area contributed by atoms with Gasteiger partial charge >= 0.3 is 23.9 Å². The van der Waals surface area contributed by atoms with Crippen LogP contribution in [0.2, 0.25) is 0 Å². The van der Waals surface area contributed by atoms with Gasteiger partial charge in [-0.1, -0.05) is 62.3 Å². The number of rotatable bonds is 9. The minimum absolute atomic E-state index is 0.0000520. The minimum Gasteiger partial charge on any atom is -0.469 e. The Morgan fingerprint density at radius 2 is 0.968 bits per heavy atom. The van der Waals surface area contributed by atoms with E-state index < -0.39 is 235 Å². The number of aliphatic hydroxyl groups excluding tert-OH is 2. The third-order valence-electron chi connectivity index (χ3n) is 31.3. The lowest BCUT2D eigenvalue weighted by atomic mass is 9.73. The fraction of sp³-hybridized carbons (Fsp3) is 0.932. The average molecular weight is 1930 g/mol. The van der Waals surface area contributed by atoms with Crippen molar-refractivity contribution in [3.63, 3.8) is 0 Å². The summed E-state index contributed by atoms with van der Waals surface area (Å²) in [4.78, 5) is 45.5. The summed E-state index contributed by atoms with van der Waals surface area (Å²) in [7, 11) is -26.6. The lowest BCUT2D eigenvalue weighted by Crippen LogP contribution is -2.52. The number of methoxy groups -OCH3 is 2. The number of carbonyl (C=O) groups is 4. The Bertz CT molecular complexity index is 5420. The van der Waals surface area contributed by atoms with Crippen LogP contribution in [0.25, 0.3) is 0 Å². The van der Waals surface area contributed by atoms with Crippen LogP contribution >= 0.6 is 0 Å². The molecule has 23 heterocycles. The van der Waals surface area contributed by atoms with Gasteiger partial charge in [-0.25, -0.2) is 0 Å². The second-order valence-corrected chi connectivity index (χ2v) is 52.2. The molecule has 0 aliphatic carbocycles. The molecule has 124 heavy (non-hydrogen) atoms. The van der Waals surface area contributed by atoms with Crippen LogP contribution in [-0.2, 0) is 190 Å². The molecule has 23 saturated heterocycles. The van der Waals surface area contributed by atoms with Gasteiger partial charge in [-0.15, -0.1) is 0 Å². The lowest BCUT2D eigenvalue weighted by molar-refractivity contribution is -0.162. The molecule has 0 spiro atoms. The zero-order valence-corrected chi connectivity index (χ0v) is 76.9. The first-order chi connectivity index (χ1) is 57.3. The molecule has 14 bridgehead atoms. The number of esters is 4. The third-order valence-corrected chi connectivity index (χ3v) is 45.9. The molecule has 40 unspecified atom stereocenters. The van der Waals surface area contributed by atoms with E-state index in [1.807, 2.05) is 75.3 Å². The first-order valence-electron chi connectivity index (χ1n) is 41.1. The maximum atomic E-state index is 12.2. The van der Waals surface area contributed by atoms with Gasteiger partial charge in [0.25, 0.3) is 80.9 Å². The highest BCUT2D eigenvalue weighted by Gasteiger charge is 2.83. The van der Waals surface area contributed by atoms with Gasteiger partial charge in [0.05, 0.1) is 81.8 Å². The number of nitrogens with zero attached hydrogens (tertiary/aromatic N) is 1. The molecule has 0 aromatic rings. The zero-order chi connectivity index (χ0) is 91.0. The first kappa shape index (κ1) is 93.5. The predicted octanol–water partition coefficient (Wildman–Crippen LogP) is -1.64. The lowest BCUT2D eigenvalue weighted by Gasteiger charge is -2.31. The van der Waals surface area contributed by atoms with E-state index >= 15 is 0 Å². The Morgan fingerprint density at radius 3 is 1.49 bits per heavy atom. The van der Waals surface area contributed by atoms with E-state index in [9.17, 15) is 96.7 Å². The van der Waals surface area contributed by atoms with Gasteiger partial charge in [-0.2, -0.15) is 72.6 Å². The average Bonchev–Trinajstić information content (AvgIpc) is 1.53. The van der Waals surface area contributed by atoms with E-state index in [4.69, 9.17) is 81.9 Å². The van der Waals surface area contributed by atoms with Gasteiger partial charge in [-0.05, 0) is 40.0 Å². The molecule has 0 saturated carbocycles. The third kappa shape index (κ3) is 13.0. The Labute approximate surface area is 718 Å². The summed E-state index contributed by atoms with van der Waals surface area (Å²) in [5, 5.41) is 24.1. The minimum atomic E-state index is -3.94. The second-order valence-electron chi connectivity index (χ2n) is 37.7. The molecule has 23 aliphatic rings. The van der Waals surface area contributed by atoms with E-state index in [1.165, 1.54) is 28.1 Å². The molecular formula is C73H105NO42S8. The topological polar surface area (TPSA) is 590 Å². The molecule has 0 aromatic heterocycles. The summed E-state index contributed by atoms with van der Waals surface area (Å²) in [6.45, 7) is 24.2. The number of nitriles is 1. The summed E-state index contributed by atoms with van der Waals surface area (Å²) in [6, 6.07) is 1.87. The van der Waals surface area contributed by atoms with Crippen molar-refractivity contribution in [3.05, 3.63) is 0 Å². The maximum absolute atomic E-state index is 12.2. The van der Waals surface area contributed by atoms with Crippen molar-refractivity contribution in [1.82, 2.24) is 0 Å². The van der Waals surface area contributed by atoms with E-state index in [2.05, 4.69) is 13.7 Å². The molecule has 0 radical (unpaired) electrons. The number of hydrogen-bond acceptors (Lipinski definition) is 43. The largest absolute Gasteiger partial charge is 0.469 e. The molecule has 23 aliphatic heterocycles. The van der Waals surface area contributed by atoms with Crippen LogP contribution in [0.3, 0.4) is 0 Å². The summed E-state index contributed by atoms with van der Waals surface area (Å²) < 4.78 is 289. The SMILES string of the molecule is CC(=O)OCC12CC3C(COC(C)=O)(O1)C(OS3(=O)=O)C2C.CC1C2CC3(C#N)C(O2)C1OS3(=O)=O.CC1C2CC3(C)C(O2)C1OS3(=O)=O.CC1C2OC3C1OS(=O)(=O)C3C2C.CC1C2OS(=O)(=O)C3CC1(C)OC23C.CCC1(CO)CC2C(CO)(COS2(=O)=O)O1.COC(=O)C12CC3OC1C(OS2(=O)=O)C3C.COC(=O)C1C2OC3C(OS(=O)(=O)C31)C2C. The van der Waals surface area contributed by atoms with Crippen molar-refractivity contribution in [2.45, 2.75) is 320 Å². The molecular weight excluding hydrogens is 1820 g/mol. The van der Waals surface area contributed by atoms with Crippen molar-refractivity contribution in [3.8, 4) is 6.07 Å². The monoisotopic (exact) mass is 1920 g/mol. The highest BCUT2D eigenvalue weighted by atomic mass is 32.3. The number of aliphatic hydroxyl groups is 2. The Balaban J connectivity index is 0.000000105. The van der Waals surface area contributed by atoms with E-state index in [-0.39, 0.29) is 160 Å². The van der Waals surface area contributed by atoms with E-state index in [1.54, 1.807) is 13.8 Å². The molecule has 23 rings (SSSR count). The smallest absolute Gasteiger partial charge is 0.332 e. The van der Waals surface area contributed by atoms with Crippen LogP contribution in [0, 0.1) is 64.6 Å². The highest BCUT2D eigenvalue weighted by molar-refractivity contribution is 7.90. The van der Waals surface area contributed by atoms with Gasteiger partial charge in [0.2, 0.25) is 9.49 Å². The maximum Gasteiger partial charge on any atom is 0.332 e. The van der Waals surface area contributed by atoms with E-state index in [0.29, 0.717) is 19.3 Å². The van der Waals surface area contributed by atoms with Crippen molar-refractivity contribution in [2.75, 3.05) is 47.3 Å². The van der Waals surface area contributed by atoms with Crippen molar-refractivity contribution in [2.24, 2.45) is 53.3 Å². The summed E-state index contributed by atoms with van der Waals surface area (Å²) in [6.07, 6.45) is -3.29. The predicted molar refractivity (Wildman–Crippen MR) is 410 cm³/mol. The van der Waals surface area contributed by atoms with Crippen LogP contribution in [0.15, 0.2) is 0 Å². The molecule has 0 amide bonds. The van der Waals surface area contributed by atoms with Gasteiger partial charge in [0, 0.05) is 86.9 Å². The summed E-state index contributed by atoms with van der Waals surface area (Å²) in [5.41, 5.74) is -5.13. The number of fused-ring (bicyclic) bond motifs is 8. The zero-order valence-electron chi connectivity index (χ0n) is 70.3. The molecule has 23 fully saturated rings. The normalized spacial score (nSPS) is 53.7. The van der Waals surface area contributed by atoms with Gasteiger partial charge < -0.3 is 67.1 Å². The van der Waals surface area contributed by atoms with Crippen LogP contribution < -0.4 is 0 Å². The number of carbonyl (C=O) groups excluding carboxylic acids is 4. The number of hydrogen-bond donors (Lipinski definition) is 2. The quantitative estimate of drug-likeness (QED) is 0.149. The second kappa shape index (κ2) is 29.9. The Kier molecular flexibility index (Phi) is 22.5. The number of ether oxygens (including phenoxy) is 12. The van der Waals surface area contributed by atoms with Crippen LogP contribution in [0.1, 0.15) is 142 Å². The Morgan fingerprint density at radius 1 is 0.444 bits per heavy atom. The van der Waals surface area contributed by atoms with Crippen molar-refractivity contribution < 1.29 is 187 Å².